The Labute approximate surface area is 156 Å². The van der Waals surface area contributed by atoms with Gasteiger partial charge in [0.2, 0.25) is 0 Å². The predicted octanol–water partition coefficient (Wildman–Crippen LogP) is 2.49. The van der Waals surface area contributed by atoms with Crippen LogP contribution in [0, 0.1) is 11.8 Å². The Morgan fingerprint density at radius 1 is 1.35 bits per heavy atom. The van der Waals surface area contributed by atoms with Crippen LogP contribution in [0.15, 0.2) is 4.79 Å². The van der Waals surface area contributed by atoms with Gasteiger partial charge in [-0.1, -0.05) is 6.92 Å². The Bertz CT molecular complexity index is 880. The fourth-order valence-corrected chi connectivity index (χ4v) is 5.58. The molecule has 4 rings (SSSR count). The lowest BCUT2D eigenvalue weighted by atomic mass is 9.89. The van der Waals surface area contributed by atoms with Crippen molar-refractivity contribution in [2.24, 2.45) is 11.8 Å². The third-order valence-electron chi connectivity index (χ3n) is 5.71. The van der Waals surface area contributed by atoms with Crippen LogP contribution in [-0.2, 0) is 28.9 Å². The van der Waals surface area contributed by atoms with Crippen molar-refractivity contribution in [3.63, 3.8) is 0 Å². The summed E-state index contributed by atoms with van der Waals surface area (Å²) in [5.41, 5.74) is 1.23. The number of carbonyl (C=O) groups is 1. The van der Waals surface area contributed by atoms with Crippen LogP contribution >= 0.6 is 11.3 Å². The molecule has 1 unspecified atom stereocenters. The minimum absolute atomic E-state index is 0.00139. The summed E-state index contributed by atoms with van der Waals surface area (Å²) >= 11 is 1.69. The van der Waals surface area contributed by atoms with Gasteiger partial charge in [-0.2, -0.15) is 0 Å². The van der Waals surface area contributed by atoms with Crippen molar-refractivity contribution < 1.29 is 9.53 Å². The number of methoxy groups -OCH3 is 1. The van der Waals surface area contributed by atoms with Gasteiger partial charge in [-0.15, -0.1) is 11.3 Å². The van der Waals surface area contributed by atoms with Gasteiger partial charge in [-0.3, -0.25) is 14.5 Å². The number of likely N-dealkylation sites (tertiary alicyclic amines) is 1. The highest BCUT2D eigenvalue weighted by Crippen LogP contribution is 2.35. The van der Waals surface area contributed by atoms with Crippen molar-refractivity contribution in [1.82, 2.24) is 14.9 Å². The number of ether oxygens (including phenoxy) is 1. The van der Waals surface area contributed by atoms with E-state index in [0.717, 1.165) is 61.2 Å². The number of piperidine rings is 1. The van der Waals surface area contributed by atoms with Gasteiger partial charge in [0.15, 0.2) is 0 Å². The molecule has 0 saturated carbocycles. The molecule has 0 amide bonds. The highest BCUT2D eigenvalue weighted by molar-refractivity contribution is 7.18. The zero-order chi connectivity index (χ0) is 18.3. The van der Waals surface area contributed by atoms with Gasteiger partial charge in [0.05, 0.1) is 25.0 Å². The summed E-state index contributed by atoms with van der Waals surface area (Å²) in [6.45, 7) is 4.53. The molecule has 2 aromatic heterocycles. The monoisotopic (exact) mass is 375 g/mol. The molecule has 1 aliphatic carbocycles. The number of aromatic nitrogens is 2. The molecule has 140 valence electrons. The average molecular weight is 375 g/mol. The fraction of sp³-hybridized carbons (Fsp3) is 0.632. The molecule has 3 heterocycles. The Morgan fingerprint density at radius 2 is 2.12 bits per heavy atom. The number of aryl methyl sites for hydroxylation is 1. The van der Waals surface area contributed by atoms with Gasteiger partial charge in [-0.25, -0.2) is 4.98 Å². The van der Waals surface area contributed by atoms with E-state index in [1.54, 1.807) is 11.3 Å². The molecule has 1 N–H and O–H groups in total. The molecule has 7 heteroatoms. The number of hydrogen-bond donors (Lipinski definition) is 1. The Morgan fingerprint density at radius 3 is 2.85 bits per heavy atom. The molecule has 1 aliphatic heterocycles. The number of thiophene rings is 1. The van der Waals surface area contributed by atoms with Crippen molar-refractivity contribution >= 4 is 27.5 Å². The van der Waals surface area contributed by atoms with Crippen molar-refractivity contribution in [3.05, 3.63) is 26.6 Å². The van der Waals surface area contributed by atoms with Crippen LogP contribution < -0.4 is 5.56 Å². The van der Waals surface area contributed by atoms with E-state index in [1.165, 1.54) is 17.6 Å². The van der Waals surface area contributed by atoms with Crippen LogP contribution in [0.4, 0.5) is 0 Å². The van der Waals surface area contributed by atoms with Crippen LogP contribution in [0.1, 0.15) is 42.5 Å². The molecule has 6 nitrogen and oxygen atoms in total. The van der Waals surface area contributed by atoms with Gasteiger partial charge in [0, 0.05) is 4.88 Å². The number of nitrogens with one attached hydrogen (secondary N) is 1. The maximum Gasteiger partial charge on any atom is 0.308 e. The number of H-pyrrole nitrogens is 1. The van der Waals surface area contributed by atoms with Crippen LogP contribution in [0.2, 0.25) is 0 Å². The van der Waals surface area contributed by atoms with Gasteiger partial charge in [0.25, 0.3) is 5.56 Å². The van der Waals surface area contributed by atoms with E-state index in [-0.39, 0.29) is 17.4 Å². The summed E-state index contributed by atoms with van der Waals surface area (Å²) < 4.78 is 4.84. The number of aromatic amines is 1. The highest BCUT2D eigenvalue weighted by atomic mass is 32.1. The zero-order valence-corrected chi connectivity index (χ0v) is 16.2. The second kappa shape index (κ2) is 7.12. The van der Waals surface area contributed by atoms with Crippen LogP contribution in [0.25, 0.3) is 10.2 Å². The lowest BCUT2D eigenvalue weighted by Gasteiger charge is -2.30. The highest BCUT2D eigenvalue weighted by Gasteiger charge is 2.27. The third kappa shape index (κ3) is 3.30. The Hall–Kier alpha value is -1.73. The third-order valence-corrected chi connectivity index (χ3v) is 6.86. The standard InChI is InChI=1S/C19H25N3O3S/c1-11-3-4-13-14(9-11)26-18-16(13)17(23)20-15(21-18)10-22-7-5-12(6-8-22)19(24)25-2/h11-12H,3-10H2,1-2H3,(H,20,21,23). The molecule has 1 saturated heterocycles. The second-order valence-corrected chi connectivity index (χ2v) is 8.70. The number of hydrogen-bond acceptors (Lipinski definition) is 6. The van der Waals surface area contributed by atoms with Gasteiger partial charge >= 0.3 is 5.97 Å². The first-order chi connectivity index (χ1) is 12.5. The zero-order valence-electron chi connectivity index (χ0n) is 15.3. The first kappa shape index (κ1) is 17.7. The van der Waals surface area contributed by atoms with E-state index in [0.29, 0.717) is 12.5 Å². The number of carbonyl (C=O) groups excluding carboxylic acids is 1. The fourth-order valence-electron chi connectivity index (χ4n) is 4.17. The number of fused-ring (bicyclic) bond motifs is 3. The summed E-state index contributed by atoms with van der Waals surface area (Å²) in [5.74, 6) is 1.30. The molecule has 1 atom stereocenters. The molecule has 2 aromatic rings. The van der Waals surface area contributed by atoms with E-state index < -0.39 is 0 Å². The lowest BCUT2D eigenvalue weighted by Crippen LogP contribution is -2.37. The van der Waals surface area contributed by atoms with Crippen molar-refractivity contribution in [3.8, 4) is 0 Å². The predicted molar refractivity (Wildman–Crippen MR) is 101 cm³/mol. The smallest absolute Gasteiger partial charge is 0.308 e. The van der Waals surface area contributed by atoms with Gasteiger partial charge < -0.3 is 9.72 Å². The largest absolute Gasteiger partial charge is 0.469 e. The van der Waals surface area contributed by atoms with Crippen LogP contribution in [-0.4, -0.2) is 41.0 Å². The molecule has 0 aromatic carbocycles. The molecular weight excluding hydrogens is 350 g/mol. The summed E-state index contributed by atoms with van der Waals surface area (Å²) in [5, 5.41) is 0.810. The van der Waals surface area contributed by atoms with Crippen LogP contribution in [0.3, 0.4) is 0 Å². The SMILES string of the molecule is COC(=O)C1CCN(Cc2nc3sc4c(c3c(=O)[nH]2)CCC(C)C4)CC1. The van der Waals surface area contributed by atoms with E-state index in [1.807, 2.05) is 0 Å². The average Bonchev–Trinajstić information content (AvgIpc) is 2.99. The maximum absolute atomic E-state index is 12.7. The van der Waals surface area contributed by atoms with Crippen molar-refractivity contribution in [1.29, 1.82) is 0 Å². The lowest BCUT2D eigenvalue weighted by molar-refractivity contribution is -0.147. The summed E-state index contributed by atoms with van der Waals surface area (Å²) in [4.78, 5) is 36.5. The molecule has 26 heavy (non-hydrogen) atoms. The number of esters is 1. The summed E-state index contributed by atoms with van der Waals surface area (Å²) in [7, 11) is 1.44. The van der Waals surface area contributed by atoms with Gasteiger partial charge in [0.1, 0.15) is 10.7 Å². The number of nitrogens with zero attached hydrogens (tertiary/aromatic N) is 2. The summed E-state index contributed by atoms with van der Waals surface area (Å²) in [6.07, 6.45) is 4.79. The normalized spacial score (nSPS) is 21.7. The van der Waals surface area contributed by atoms with Crippen LogP contribution in [0.5, 0.6) is 0 Å². The second-order valence-electron chi connectivity index (χ2n) is 7.62. The first-order valence-corrected chi connectivity index (χ1v) is 10.2. The van der Waals surface area contributed by atoms with E-state index in [4.69, 9.17) is 9.72 Å². The van der Waals surface area contributed by atoms with E-state index in [2.05, 4.69) is 16.8 Å². The maximum atomic E-state index is 12.7. The first-order valence-electron chi connectivity index (χ1n) is 9.38. The van der Waals surface area contributed by atoms with Crippen molar-refractivity contribution in [2.75, 3.05) is 20.2 Å². The Kier molecular flexibility index (Phi) is 4.84. The Balaban J connectivity index is 1.52. The van der Waals surface area contributed by atoms with E-state index >= 15 is 0 Å². The minimum atomic E-state index is -0.115. The molecule has 0 radical (unpaired) electrons. The molecular formula is C19H25N3O3S. The molecule has 1 fully saturated rings. The van der Waals surface area contributed by atoms with E-state index in [9.17, 15) is 9.59 Å². The molecule has 0 spiro atoms. The van der Waals surface area contributed by atoms with Gasteiger partial charge in [-0.05, 0) is 56.7 Å². The minimum Gasteiger partial charge on any atom is -0.469 e. The van der Waals surface area contributed by atoms with Crippen molar-refractivity contribution in [2.45, 2.75) is 45.6 Å². The summed E-state index contributed by atoms with van der Waals surface area (Å²) in [6, 6.07) is 0. The molecule has 0 bridgehead atoms. The number of rotatable bonds is 3. The molecule has 2 aliphatic rings. The topological polar surface area (TPSA) is 75.3 Å². The quantitative estimate of drug-likeness (QED) is 0.834.